The van der Waals surface area contributed by atoms with Gasteiger partial charge in [0.15, 0.2) is 0 Å². The van der Waals surface area contributed by atoms with Crippen LogP contribution in [0, 0.1) is 0 Å². The van der Waals surface area contributed by atoms with Gasteiger partial charge in [0, 0.05) is 25.2 Å². The molecule has 2 rings (SSSR count). The summed E-state index contributed by atoms with van der Waals surface area (Å²) in [6.07, 6.45) is 1.21. The molecule has 0 bridgehead atoms. The fraction of sp³-hybridized carbons (Fsp3) is 0.600. The van der Waals surface area contributed by atoms with Crippen molar-refractivity contribution in [2.75, 3.05) is 40.3 Å². The number of benzene rings is 1. The van der Waals surface area contributed by atoms with Gasteiger partial charge in [0.2, 0.25) is 0 Å². The molecule has 1 aromatic carbocycles. The van der Waals surface area contributed by atoms with Crippen molar-refractivity contribution in [3.8, 4) is 5.75 Å². The molecule has 106 valence electrons. The van der Waals surface area contributed by atoms with Crippen molar-refractivity contribution in [3.63, 3.8) is 0 Å². The van der Waals surface area contributed by atoms with Crippen LogP contribution in [0.3, 0.4) is 0 Å². The summed E-state index contributed by atoms with van der Waals surface area (Å²) in [5.74, 6) is 0.912. The molecule has 4 heteroatoms. The van der Waals surface area contributed by atoms with Crippen molar-refractivity contribution in [2.24, 2.45) is 0 Å². The SMILES string of the molecule is COc1ccc(CO)cc1CN1CCCN(C)CC1. The second-order valence-corrected chi connectivity index (χ2v) is 5.24. The maximum Gasteiger partial charge on any atom is 0.123 e. The molecule has 0 unspecified atom stereocenters. The molecule has 0 spiro atoms. The first-order chi connectivity index (χ1) is 9.22. The predicted octanol–water partition coefficient (Wildman–Crippen LogP) is 1.32. The van der Waals surface area contributed by atoms with Crippen LogP contribution in [0.5, 0.6) is 5.75 Å². The first-order valence-electron chi connectivity index (χ1n) is 6.90. The minimum absolute atomic E-state index is 0.0831. The summed E-state index contributed by atoms with van der Waals surface area (Å²) >= 11 is 0. The third kappa shape index (κ3) is 3.93. The quantitative estimate of drug-likeness (QED) is 0.890. The van der Waals surface area contributed by atoms with E-state index in [9.17, 15) is 5.11 Å². The van der Waals surface area contributed by atoms with Crippen molar-refractivity contribution in [1.29, 1.82) is 0 Å². The molecule has 1 aliphatic rings. The second-order valence-electron chi connectivity index (χ2n) is 5.24. The molecular formula is C15H24N2O2. The number of hydrogen-bond donors (Lipinski definition) is 1. The maximum absolute atomic E-state index is 9.25. The van der Waals surface area contributed by atoms with E-state index in [0.717, 1.165) is 37.5 Å². The van der Waals surface area contributed by atoms with Gasteiger partial charge in [-0.25, -0.2) is 0 Å². The standard InChI is InChI=1S/C15H24N2O2/c1-16-6-3-7-17(9-8-16)11-14-10-13(12-18)4-5-15(14)19-2/h4-5,10,18H,3,6-9,11-12H2,1-2H3. The van der Waals surface area contributed by atoms with Gasteiger partial charge < -0.3 is 14.7 Å². The Bertz CT molecular complexity index is 409. The van der Waals surface area contributed by atoms with Gasteiger partial charge in [-0.1, -0.05) is 6.07 Å². The van der Waals surface area contributed by atoms with E-state index in [1.165, 1.54) is 18.5 Å². The molecule has 19 heavy (non-hydrogen) atoms. The van der Waals surface area contributed by atoms with Gasteiger partial charge in [0.05, 0.1) is 13.7 Å². The van der Waals surface area contributed by atoms with Crippen LogP contribution in [0.4, 0.5) is 0 Å². The first kappa shape index (κ1) is 14.3. The van der Waals surface area contributed by atoms with Crippen LogP contribution >= 0.6 is 0 Å². The third-order valence-corrected chi connectivity index (χ3v) is 3.73. The van der Waals surface area contributed by atoms with E-state index in [0.29, 0.717) is 0 Å². The summed E-state index contributed by atoms with van der Waals surface area (Å²) in [7, 11) is 3.88. The van der Waals surface area contributed by atoms with E-state index in [1.54, 1.807) is 7.11 Å². The summed E-state index contributed by atoms with van der Waals surface area (Å²) < 4.78 is 5.42. The molecular weight excluding hydrogens is 240 g/mol. The fourth-order valence-corrected chi connectivity index (χ4v) is 2.55. The Kier molecular flexibility index (Phi) is 5.19. The number of rotatable bonds is 4. The molecule has 1 heterocycles. The molecule has 1 aromatic rings. The Morgan fingerprint density at radius 1 is 1.21 bits per heavy atom. The van der Waals surface area contributed by atoms with Gasteiger partial charge in [0.25, 0.3) is 0 Å². The molecule has 0 amide bonds. The largest absolute Gasteiger partial charge is 0.496 e. The van der Waals surface area contributed by atoms with Crippen LogP contribution in [-0.4, -0.2) is 55.2 Å². The Balaban J connectivity index is 2.08. The number of methoxy groups -OCH3 is 1. The van der Waals surface area contributed by atoms with Crippen molar-refractivity contribution >= 4 is 0 Å². The van der Waals surface area contributed by atoms with E-state index in [-0.39, 0.29) is 6.61 Å². The Morgan fingerprint density at radius 2 is 2.05 bits per heavy atom. The molecule has 1 fully saturated rings. The van der Waals surface area contributed by atoms with Crippen LogP contribution in [-0.2, 0) is 13.2 Å². The summed E-state index contributed by atoms with van der Waals surface area (Å²) in [5, 5.41) is 9.25. The van der Waals surface area contributed by atoms with Gasteiger partial charge in [-0.15, -0.1) is 0 Å². The lowest BCUT2D eigenvalue weighted by Gasteiger charge is -2.21. The van der Waals surface area contributed by atoms with Gasteiger partial charge in [-0.3, -0.25) is 4.90 Å². The van der Waals surface area contributed by atoms with E-state index < -0.39 is 0 Å². The fourth-order valence-electron chi connectivity index (χ4n) is 2.55. The highest BCUT2D eigenvalue weighted by molar-refractivity contribution is 5.37. The monoisotopic (exact) mass is 264 g/mol. The molecule has 0 aliphatic carbocycles. The minimum Gasteiger partial charge on any atom is -0.496 e. The highest BCUT2D eigenvalue weighted by atomic mass is 16.5. The average molecular weight is 264 g/mol. The van der Waals surface area contributed by atoms with E-state index in [4.69, 9.17) is 4.74 Å². The molecule has 0 aromatic heterocycles. The summed E-state index contributed by atoms with van der Waals surface area (Å²) in [6.45, 7) is 5.47. The van der Waals surface area contributed by atoms with Gasteiger partial charge >= 0.3 is 0 Å². The zero-order chi connectivity index (χ0) is 13.7. The summed E-state index contributed by atoms with van der Waals surface area (Å²) in [6, 6.07) is 5.91. The highest BCUT2D eigenvalue weighted by Crippen LogP contribution is 2.22. The maximum atomic E-state index is 9.25. The predicted molar refractivity (Wildman–Crippen MR) is 76.3 cm³/mol. The zero-order valence-corrected chi connectivity index (χ0v) is 11.9. The van der Waals surface area contributed by atoms with Crippen LogP contribution in [0.1, 0.15) is 17.5 Å². The number of hydrogen-bond acceptors (Lipinski definition) is 4. The molecule has 0 saturated carbocycles. The van der Waals surface area contributed by atoms with E-state index in [2.05, 4.69) is 16.8 Å². The Morgan fingerprint density at radius 3 is 2.79 bits per heavy atom. The van der Waals surface area contributed by atoms with Crippen LogP contribution in [0.25, 0.3) is 0 Å². The average Bonchev–Trinajstić information content (AvgIpc) is 2.63. The number of aliphatic hydroxyl groups excluding tert-OH is 1. The highest BCUT2D eigenvalue weighted by Gasteiger charge is 2.14. The van der Waals surface area contributed by atoms with E-state index >= 15 is 0 Å². The lowest BCUT2D eigenvalue weighted by atomic mass is 10.1. The van der Waals surface area contributed by atoms with Crippen LogP contribution in [0.15, 0.2) is 18.2 Å². The van der Waals surface area contributed by atoms with Gasteiger partial charge in [-0.05, 0) is 44.3 Å². The van der Waals surface area contributed by atoms with Crippen LogP contribution < -0.4 is 4.74 Å². The van der Waals surface area contributed by atoms with Gasteiger partial charge in [0.1, 0.15) is 5.75 Å². The van der Waals surface area contributed by atoms with Gasteiger partial charge in [-0.2, -0.15) is 0 Å². The van der Waals surface area contributed by atoms with Crippen molar-refractivity contribution in [2.45, 2.75) is 19.6 Å². The minimum atomic E-state index is 0.0831. The molecule has 1 N–H and O–H groups in total. The molecule has 4 nitrogen and oxygen atoms in total. The number of nitrogens with zero attached hydrogens (tertiary/aromatic N) is 2. The number of ether oxygens (including phenoxy) is 1. The lowest BCUT2D eigenvalue weighted by molar-refractivity contribution is 0.263. The second kappa shape index (κ2) is 6.89. The third-order valence-electron chi connectivity index (χ3n) is 3.73. The smallest absolute Gasteiger partial charge is 0.123 e. The molecule has 1 aliphatic heterocycles. The number of aliphatic hydroxyl groups is 1. The van der Waals surface area contributed by atoms with Crippen LogP contribution in [0.2, 0.25) is 0 Å². The molecule has 0 atom stereocenters. The Hall–Kier alpha value is -1.10. The lowest BCUT2D eigenvalue weighted by Crippen LogP contribution is -2.28. The zero-order valence-electron chi connectivity index (χ0n) is 11.9. The number of likely N-dealkylation sites (N-methyl/N-ethyl adjacent to an activating group) is 1. The normalized spacial score (nSPS) is 18.3. The van der Waals surface area contributed by atoms with Crippen molar-refractivity contribution < 1.29 is 9.84 Å². The summed E-state index contributed by atoms with van der Waals surface area (Å²) in [5.41, 5.74) is 2.11. The first-order valence-corrected chi connectivity index (χ1v) is 6.90. The van der Waals surface area contributed by atoms with Crippen molar-refractivity contribution in [3.05, 3.63) is 29.3 Å². The Labute approximate surface area is 115 Å². The van der Waals surface area contributed by atoms with E-state index in [1.807, 2.05) is 18.2 Å². The topological polar surface area (TPSA) is 35.9 Å². The summed E-state index contributed by atoms with van der Waals surface area (Å²) in [4.78, 5) is 4.84. The molecule has 0 radical (unpaired) electrons. The molecule has 1 saturated heterocycles. The van der Waals surface area contributed by atoms with Crippen molar-refractivity contribution in [1.82, 2.24) is 9.80 Å².